The van der Waals surface area contributed by atoms with Gasteiger partial charge in [0.15, 0.2) is 0 Å². The molecule has 4 aliphatic carbocycles. The van der Waals surface area contributed by atoms with Crippen LogP contribution < -0.4 is 0 Å². The third kappa shape index (κ3) is 2.00. The number of methoxy groups -OCH3 is 1. The Morgan fingerprint density at radius 2 is 2.08 bits per heavy atom. The van der Waals surface area contributed by atoms with Crippen LogP contribution in [0.15, 0.2) is 23.5 Å². The van der Waals surface area contributed by atoms with E-state index in [2.05, 4.69) is 32.1 Å². The van der Waals surface area contributed by atoms with Crippen LogP contribution >= 0.6 is 0 Å². The van der Waals surface area contributed by atoms with Crippen LogP contribution in [0.25, 0.3) is 0 Å². The zero-order chi connectivity index (χ0) is 16.9. The van der Waals surface area contributed by atoms with Crippen molar-refractivity contribution in [2.75, 3.05) is 7.11 Å². The first-order valence-corrected chi connectivity index (χ1v) is 9.94. The van der Waals surface area contributed by atoms with Crippen LogP contribution in [0.2, 0.25) is 0 Å². The Balaban J connectivity index is 1.67. The number of fused-ring (bicyclic) bond motifs is 5. The van der Waals surface area contributed by atoms with Gasteiger partial charge in [-0.1, -0.05) is 13.0 Å². The van der Waals surface area contributed by atoms with Crippen molar-refractivity contribution in [2.24, 2.45) is 34.5 Å². The summed E-state index contributed by atoms with van der Waals surface area (Å²) >= 11 is 0. The number of nitrogens with zero attached hydrogens (tertiary/aromatic N) is 1. The Labute approximate surface area is 147 Å². The minimum Gasteiger partial charge on any atom is -0.501 e. The van der Waals surface area contributed by atoms with E-state index < -0.39 is 0 Å². The van der Waals surface area contributed by atoms with Crippen molar-refractivity contribution >= 4 is 0 Å². The molecule has 0 radical (unpaired) electrons. The van der Waals surface area contributed by atoms with E-state index in [1.807, 2.05) is 0 Å². The molecule has 2 nitrogen and oxygen atoms in total. The van der Waals surface area contributed by atoms with Crippen molar-refractivity contribution in [2.45, 2.75) is 65.2 Å². The van der Waals surface area contributed by atoms with Crippen molar-refractivity contribution in [3.63, 3.8) is 0 Å². The second-order valence-corrected chi connectivity index (χ2v) is 8.86. The van der Waals surface area contributed by atoms with Crippen LogP contribution in [0.4, 0.5) is 0 Å². The van der Waals surface area contributed by atoms with Crippen molar-refractivity contribution in [3.8, 4) is 6.07 Å². The summed E-state index contributed by atoms with van der Waals surface area (Å²) in [6, 6.07) is 2.76. The van der Waals surface area contributed by atoms with Gasteiger partial charge >= 0.3 is 0 Å². The predicted molar refractivity (Wildman–Crippen MR) is 95.9 cm³/mol. The van der Waals surface area contributed by atoms with Gasteiger partial charge in [-0.15, -0.1) is 0 Å². The third-order valence-corrected chi connectivity index (χ3v) is 8.49. The topological polar surface area (TPSA) is 33.0 Å². The van der Waals surface area contributed by atoms with Gasteiger partial charge in [0.25, 0.3) is 0 Å². The van der Waals surface area contributed by atoms with Gasteiger partial charge in [0.1, 0.15) is 0 Å². The van der Waals surface area contributed by atoms with Gasteiger partial charge in [-0.05, 0) is 92.6 Å². The monoisotopic (exact) mass is 325 g/mol. The molecule has 0 amide bonds. The van der Waals surface area contributed by atoms with Crippen LogP contribution in [0, 0.1) is 45.8 Å². The van der Waals surface area contributed by atoms with Crippen molar-refractivity contribution in [1.82, 2.24) is 0 Å². The second kappa shape index (κ2) is 5.65. The predicted octanol–water partition coefficient (Wildman–Crippen LogP) is 5.62. The second-order valence-electron chi connectivity index (χ2n) is 8.86. The van der Waals surface area contributed by atoms with Crippen LogP contribution in [-0.4, -0.2) is 7.11 Å². The SMILES string of the molecule is CC[C@]12CC[C@H]3[C@@H](CC=C4C=C(OC)CC[C@@H]43)[C@@H]1CC[C@]2(C)C#N. The summed E-state index contributed by atoms with van der Waals surface area (Å²) < 4.78 is 5.51. The lowest BCUT2D eigenvalue weighted by atomic mass is 9.48. The summed E-state index contributed by atoms with van der Waals surface area (Å²) in [5.74, 6) is 4.31. The molecule has 0 aromatic heterocycles. The molecule has 0 aromatic carbocycles. The summed E-state index contributed by atoms with van der Waals surface area (Å²) in [4.78, 5) is 0. The van der Waals surface area contributed by atoms with Crippen molar-refractivity contribution < 1.29 is 4.74 Å². The maximum atomic E-state index is 9.92. The average Bonchev–Trinajstić information content (AvgIpc) is 2.94. The van der Waals surface area contributed by atoms with Gasteiger partial charge in [-0.3, -0.25) is 0 Å². The van der Waals surface area contributed by atoms with Crippen molar-refractivity contribution in [3.05, 3.63) is 23.5 Å². The van der Waals surface area contributed by atoms with Crippen LogP contribution in [0.5, 0.6) is 0 Å². The average molecular weight is 325 g/mol. The lowest BCUT2D eigenvalue weighted by molar-refractivity contribution is -0.0413. The highest BCUT2D eigenvalue weighted by Gasteiger charge is 2.62. The van der Waals surface area contributed by atoms with Crippen LogP contribution in [0.3, 0.4) is 0 Å². The Kier molecular flexibility index (Phi) is 3.83. The highest BCUT2D eigenvalue weighted by atomic mass is 16.5. The molecular formula is C22H31NO. The van der Waals surface area contributed by atoms with Crippen LogP contribution in [-0.2, 0) is 4.74 Å². The quantitative estimate of drug-likeness (QED) is 0.660. The Morgan fingerprint density at radius 1 is 1.25 bits per heavy atom. The molecule has 2 heteroatoms. The minimum atomic E-state index is -0.100. The van der Waals surface area contributed by atoms with E-state index in [1.165, 1.54) is 38.5 Å². The van der Waals surface area contributed by atoms with E-state index in [0.29, 0.717) is 0 Å². The highest BCUT2D eigenvalue weighted by molar-refractivity contribution is 5.32. The fourth-order valence-corrected chi connectivity index (χ4v) is 7.17. The number of hydrogen-bond donors (Lipinski definition) is 0. The lowest BCUT2D eigenvalue weighted by Crippen LogP contribution is -2.49. The largest absolute Gasteiger partial charge is 0.501 e. The molecule has 2 saturated carbocycles. The molecule has 24 heavy (non-hydrogen) atoms. The van der Waals surface area contributed by atoms with E-state index in [-0.39, 0.29) is 10.8 Å². The van der Waals surface area contributed by atoms with E-state index in [9.17, 15) is 5.26 Å². The standard InChI is InChI=1S/C22H31NO/c1-4-22-12-9-18-17-8-6-16(24-3)13-15(17)5-7-19(18)20(22)10-11-21(22,2)14-23/h5,13,17-20H,4,6-12H2,1-3H3/t17-,18+,19+,20-,21+,22-/m0/s1. The number of ether oxygens (including phenoxy) is 1. The van der Waals surface area contributed by atoms with E-state index in [1.54, 1.807) is 12.7 Å². The summed E-state index contributed by atoms with van der Waals surface area (Å²) in [6.45, 7) is 4.60. The fourth-order valence-electron chi connectivity index (χ4n) is 7.17. The molecule has 0 heterocycles. The van der Waals surface area contributed by atoms with Gasteiger partial charge in [0.05, 0.1) is 24.4 Å². The van der Waals surface area contributed by atoms with Gasteiger partial charge in [-0.25, -0.2) is 0 Å². The van der Waals surface area contributed by atoms with Gasteiger partial charge in [0, 0.05) is 6.42 Å². The van der Waals surface area contributed by atoms with E-state index in [4.69, 9.17) is 4.74 Å². The summed E-state index contributed by atoms with van der Waals surface area (Å²) in [5.41, 5.74) is 1.72. The first-order valence-electron chi connectivity index (χ1n) is 9.94. The highest BCUT2D eigenvalue weighted by Crippen LogP contribution is 2.68. The van der Waals surface area contributed by atoms with E-state index >= 15 is 0 Å². The molecule has 0 aromatic rings. The smallest absolute Gasteiger partial charge is 0.0958 e. The van der Waals surface area contributed by atoms with Crippen molar-refractivity contribution in [1.29, 1.82) is 5.26 Å². The Morgan fingerprint density at radius 3 is 2.79 bits per heavy atom. The molecule has 2 fully saturated rings. The summed E-state index contributed by atoms with van der Waals surface area (Å²) in [6.07, 6.45) is 14.6. The minimum absolute atomic E-state index is 0.100. The molecule has 0 bridgehead atoms. The maximum Gasteiger partial charge on any atom is 0.0958 e. The molecule has 0 N–H and O–H groups in total. The Hall–Kier alpha value is -1.23. The third-order valence-electron chi connectivity index (χ3n) is 8.49. The van der Waals surface area contributed by atoms with Crippen LogP contribution in [0.1, 0.15) is 65.2 Å². The molecule has 0 spiro atoms. The first kappa shape index (κ1) is 16.2. The normalized spacial score (nSPS) is 46.8. The first-order chi connectivity index (χ1) is 11.6. The zero-order valence-electron chi connectivity index (χ0n) is 15.5. The summed E-state index contributed by atoms with van der Waals surface area (Å²) in [5, 5.41) is 9.92. The Bertz CT molecular complexity index is 626. The number of nitriles is 1. The van der Waals surface area contributed by atoms with Gasteiger partial charge in [0.2, 0.25) is 0 Å². The van der Waals surface area contributed by atoms with Gasteiger partial charge < -0.3 is 4.74 Å². The molecule has 0 aliphatic heterocycles. The number of rotatable bonds is 2. The fraction of sp³-hybridized carbons (Fsp3) is 0.773. The molecule has 0 saturated heterocycles. The molecule has 0 unspecified atom stereocenters. The number of hydrogen-bond acceptors (Lipinski definition) is 2. The zero-order valence-corrected chi connectivity index (χ0v) is 15.5. The molecule has 130 valence electrons. The molecule has 4 rings (SSSR count). The molecule has 6 atom stereocenters. The van der Waals surface area contributed by atoms with Gasteiger partial charge in [-0.2, -0.15) is 5.26 Å². The molecule has 4 aliphatic rings. The maximum absolute atomic E-state index is 9.92. The number of allylic oxidation sites excluding steroid dienone is 4. The molecular weight excluding hydrogens is 294 g/mol. The summed E-state index contributed by atoms with van der Waals surface area (Å²) in [7, 11) is 1.80. The van der Waals surface area contributed by atoms with E-state index in [0.717, 1.165) is 42.3 Å². The lowest BCUT2D eigenvalue weighted by Gasteiger charge is -2.55.